The molecule has 1 aromatic rings. The smallest absolute Gasteiger partial charge is 0.306 e. The van der Waals surface area contributed by atoms with Gasteiger partial charge in [0.25, 0.3) is 0 Å². The molecule has 2 heteroatoms. The first-order valence-corrected chi connectivity index (χ1v) is 9.14. The summed E-state index contributed by atoms with van der Waals surface area (Å²) < 4.78 is 5.65. The van der Waals surface area contributed by atoms with Crippen LogP contribution in [0.25, 0.3) is 0 Å². The van der Waals surface area contributed by atoms with Gasteiger partial charge in [0.15, 0.2) is 0 Å². The third-order valence-electron chi connectivity index (χ3n) is 5.68. The summed E-state index contributed by atoms with van der Waals surface area (Å²) >= 11 is 0. The summed E-state index contributed by atoms with van der Waals surface area (Å²) in [7, 11) is 0. The zero-order chi connectivity index (χ0) is 16.5. The molecule has 0 N–H and O–H groups in total. The summed E-state index contributed by atoms with van der Waals surface area (Å²) in [5, 5.41) is 0. The van der Waals surface area contributed by atoms with Gasteiger partial charge < -0.3 is 4.74 Å². The van der Waals surface area contributed by atoms with Crippen molar-refractivity contribution in [3.05, 3.63) is 35.9 Å². The van der Waals surface area contributed by atoms with Crippen molar-refractivity contribution < 1.29 is 9.53 Å². The molecule has 3 atom stereocenters. The van der Waals surface area contributed by atoms with Crippen LogP contribution in [0.4, 0.5) is 0 Å². The quantitative estimate of drug-likeness (QED) is 0.718. The van der Waals surface area contributed by atoms with E-state index in [-0.39, 0.29) is 17.0 Å². The molecule has 0 heterocycles. The molecule has 0 saturated heterocycles. The van der Waals surface area contributed by atoms with E-state index in [0.29, 0.717) is 12.3 Å². The Morgan fingerprint density at radius 3 is 2.52 bits per heavy atom. The van der Waals surface area contributed by atoms with Crippen LogP contribution >= 0.6 is 0 Å². The summed E-state index contributed by atoms with van der Waals surface area (Å²) in [6.07, 6.45) is 8.15. The number of hydrogen-bond acceptors (Lipinski definition) is 2. The fraction of sp³-hybridized carbons (Fsp3) is 0.667. The standard InChI is InChI=1S/C21H30O2/c1-20(2,3)23-19(22)15-21(13-16-9-5-4-6-10-16)14-17-11-7-8-12-18(17)21/h4-6,9-10,17-18H,7-8,11-15H2,1-3H3. The van der Waals surface area contributed by atoms with Crippen molar-refractivity contribution in [1.82, 2.24) is 0 Å². The Labute approximate surface area is 140 Å². The molecule has 0 bridgehead atoms. The largest absolute Gasteiger partial charge is 0.460 e. The van der Waals surface area contributed by atoms with Gasteiger partial charge in [0.1, 0.15) is 5.60 Å². The molecule has 23 heavy (non-hydrogen) atoms. The first-order chi connectivity index (χ1) is 10.9. The summed E-state index contributed by atoms with van der Waals surface area (Å²) in [4.78, 5) is 12.5. The van der Waals surface area contributed by atoms with Gasteiger partial charge in [0.2, 0.25) is 0 Å². The number of fused-ring (bicyclic) bond motifs is 1. The highest BCUT2D eigenvalue weighted by molar-refractivity contribution is 5.71. The summed E-state index contributed by atoms with van der Waals surface area (Å²) in [6, 6.07) is 10.7. The molecule has 0 amide bonds. The molecule has 0 radical (unpaired) electrons. The highest BCUT2D eigenvalue weighted by Crippen LogP contribution is 2.60. The highest BCUT2D eigenvalue weighted by atomic mass is 16.6. The number of rotatable bonds is 4. The SMILES string of the molecule is CC(C)(C)OC(=O)CC1(Cc2ccccc2)CC2CCCCC21. The van der Waals surface area contributed by atoms with Crippen LogP contribution in [0, 0.1) is 17.3 Å². The van der Waals surface area contributed by atoms with Crippen LogP contribution < -0.4 is 0 Å². The second-order valence-electron chi connectivity index (χ2n) is 8.64. The van der Waals surface area contributed by atoms with Gasteiger partial charge in [-0.3, -0.25) is 4.79 Å². The average Bonchev–Trinajstić information content (AvgIpc) is 2.45. The maximum Gasteiger partial charge on any atom is 0.306 e. The van der Waals surface area contributed by atoms with Crippen LogP contribution in [-0.4, -0.2) is 11.6 Å². The van der Waals surface area contributed by atoms with E-state index in [9.17, 15) is 4.79 Å². The molecule has 126 valence electrons. The van der Waals surface area contributed by atoms with E-state index in [2.05, 4.69) is 30.3 Å². The van der Waals surface area contributed by atoms with Gasteiger partial charge in [-0.2, -0.15) is 0 Å². The van der Waals surface area contributed by atoms with Crippen molar-refractivity contribution in [1.29, 1.82) is 0 Å². The fourth-order valence-corrected chi connectivity index (χ4v) is 4.91. The van der Waals surface area contributed by atoms with Crippen LogP contribution in [0.2, 0.25) is 0 Å². The Hall–Kier alpha value is -1.31. The number of esters is 1. The van der Waals surface area contributed by atoms with Crippen molar-refractivity contribution in [2.24, 2.45) is 17.3 Å². The van der Waals surface area contributed by atoms with Crippen molar-refractivity contribution in [3.8, 4) is 0 Å². The first kappa shape index (κ1) is 16.5. The lowest BCUT2D eigenvalue weighted by Crippen LogP contribution is -2.52. The Morgan fingerprint density at radius 1 is 1.17 bits per heavy atom. The van der Waals surface area contributed by atoms with E-state index in [1.165, 1.54) is 37.7 Å². The van der Waals surface area contributed by atoms with Gasteiger partial charge in [0.05, 0.1) is 6.42 Å². The lowest BCUT2D eigenvalue weighted by Gasteiger charge is -2.58. The zero-order valence-corrected chi connectivity index (χ0v) is 14.8. The molecule has 2 aliphatic carbocycles. The molecule has 0 aliphatic heterocycles. The van der Waals surface area contributed by atoms with Crippen LogP contribution in [0.5, 0.6) is 0 Å². The van der Waals surface area contributed by atoms with Crippen molar-refractivity contribution in [2.45, 2.75) is 71.3 Å². The van der Waals surface area contributed by atoms with Crippen LogP contribution in [0.1, 0.15) is 64.9 Å². The number of ether oxygens (including phenoxy) is 1. The predicted molar refractivity (Wildman–Crippen MR) is 93.1 cm³/mol. The molecule has 2 saturated carbocycles. The molecular formula is C21H30O2. The molecule has 3 rings (SSSR count). The van der Waals surface area contributed by atoms with E-state index in [0.717, 1.165) is 12.3 Å². The molecule has 2 fully saturated rings. The summed E-state index contributed by atoms with van der Waals surface area (Å²) in [5.74, 6) is 1.54. The predicted octanol–water partition coefficient (Wildman–Crippen LogP) is 5.16. The van der Waals surface area contributed by atoms with E-state index in [1.54, 1.807) is 0 Å². The highest BCUT2D eigenvalue weighted by Gasteiger charge is 2.54. The minimum atomic E-state index is -0.388. The van der Waals surface area contributed by atoms with E-state index < -0.39 is 0 Å². The normalized spacial score (nSPS) is 30.2. The van der Waals surface area contributed by atoms with Crippen LogP contribution in [-0.2, 0) is 16.0 Å². The molecule has 0 spiro atoms. The first-order valence-electron chi connectivity index (χ1n) is 9.14. The number of benzene rings is 1. The van der Waals surface area contributed by atoms with Crippen molar-refractivity contribution in [2.75, 3.05) is 0 Å². The Balaban J connectivity index is 1.76. The van der Waals surface area contributed by atoms with Gasteiger partial charge in [-0.1, -0.05) is 49.6 Å². The molecule has 0 aromatic heterocycles. The third kappa shape index (κ3) is 3.79. The number of carbonyl (C=O) groups excluding carboxylic acids is 1. The Morgan fingerprint density at radius 2 is 1.87 bits per heavy atom. The minimum Gasteiger partial charge on any atom is -0.460 e. The molecule has 1 aromatic carbocycles. The maximum absolute atomic E-state index is 12.5. The maximum atomic E-state index is 12.5. The molecule has 2 nitrogen and oxygen atoms in total. The average molecular weight is 314 g/mol. The lowest BCUT2D eigenvalue weighted by molar-refractivity contribution is -0.166. The van der Waals surface area contributed by atoms with Gasteiger partial charge in [-0.05, 0) is 62.8 Å². The van der Waals surface area contributed by atoms with E-state index >= 15 is 0 Å². The monoisotopic (exact) mass is 314 g/mol. The van der Waals surface area contributed by atoms with Gasteiger partial charge >= 0.3 is 5.97 Å². The summed E-state index contributed by atoms with van der Waals surface area (Å²) in [6.45, 7) is 5.87. The molecule has 2 aliphatic rings. The lowest BCUT2D eigenvalue weighted by atomic mass is 9.47. The van der Waals surface area contributed by atoms with Gasteiger partial charge in [-0.25, -0.2) is 0 Å². The Kier molecular flexibility index (Phi) is 4.53. The topological polar surface area (TPSA) is 26.3 Å². The summed E-state index contributed by atoms with van der Waals surface area (Å²) in [5.41, 5.74) is 1.11. The zero-order valence-electron chi connectivity index (χ0n) is 14.8. The number of hydrogen-bond donors (Lipinski definition) is 0. The third-order valence-corrected chi connectivity index (χ3v) is 5.68. The molecule has 3 unspecified atom stereocenters. The van der Waals surface area contributed by atoms with Crippen LogP contribution in [0.15, 0.2) is 30.3 Å². The fourth-order valence-electron chi connectivity index (χ4n) is 4.91. The number of carbonyl (C=O) groups is 1. The van der Waals surface area contributed by atoms with Gasteiger partial charge in [-0.15, -0.1) is 0 Å². The van der Waals surface area contributed by atoms with E-state index in [4.69, 9.17) is 4.74 Å². The van der Waals surface area contributed by atoms with E-state index in [1.807, 2.05) is 20.8 Å². The van der Waals surface area contributed by atoms with Crippen molar-refractivity contribution >= 4 is 5.97 Å². The minimum absolute atomic E-state index is 0.0162. The second kappa shape index (κ2) is 6.30. The van der Waals surface area contributed by atoms with Crippen molar-refractivity contribution in [3.63, 3.8) is 0 Å². The second-order valence-corrected chi connectivity index (χ2v) is 8.64. The Bertz CT molecular complexity index is 543. The molecular weight excluding hydrogens is 284 g/mol. The van der Waals surface area contributed by atoms with Crippen LogP contribution in [0.3, 0.4) is 0 Å². The van der Waals surface area contributed by atoms with Gasteiger partial charge in [0, 0.05) is 0 Å².